The summed E-state index contributed by atoms with van der Waals surface area (Å²) in [6.07, 6.45) is -0.266. The fourth-order valence-electron chi connectivity index (χ4n) is 3.47. The number of esters is 1. The van der Waals surface area contributed by atoms with E-state index < -0.39 is 17.8 Å². The highest BCUT2D eigenvalue weighted by molar-refractivity contribution is 8.04. The second-order valence-corrected chi connectivity index (χ2v) is 9.30. The van der Waals surface area contributed by atoms with Crippen molar-refractivity contribution in [2.24, 2.45) is 0 Å². The molecule has 1 aliphatic heterocycles. The van der Waals surface area contributed by atoms with Crippen LogP contribution in [0.2, 0.25) is 0 Å². The standard InChI is InChI=1S/C27H24N2O5S/c1-16(2)34-27(33)18-10-12-19(13-11-18)29-25(31)23(28-21-15-17(3)9-14-22(21)30)24(26(29)32)35-20-7-5-4-6-8-20/h4-16,28,30H,1-3H3. The van der Waals surface area contributed by atoms with Gasteiger partial charge in [-0.25, -0.2) is 9.69 Å². The minimum absolute atomic E-state index is 0.0427. The molecule has 0 spiro atoms. The van der Waals surface area contributed by atoms with Crippen LogP contribution in [0.1, 0.15) is 29.8 Å². The van der Waals surface area contributed by atoms with E-state index in [2.05, 4.69) is 5.32 Å². The van der Waals surface area contributed by atoms with Crippen LogP contribution in [0, 0.1) is 6.92 Å². The average Bonchev–Trinajstić information content (AvgIpc) is 3.05. The van der Waals surface area contributed by atoms with Gasteiger partial charge < -0.3 is 15.2 Å². The molecule has 35 heavy (non-hydrogen) atoms. The molecule has 0 fully saturated rings. The van der Waals surface area contributed by atoms with Crippen molar-refractivity contribution in [3.05, 3.63) is 94.5 Å². The number of carbonyl (C=O) groups is 3. The third kappa shape index (κ3) is 5.22. The second-order valence-electron chi connectivity index (χ2n) is 8.21. The summed E-state index contributed by atoms with van der Waals surface area (Å²) in [5.41, 5.74) is 1.89. The Balaban J connectivity index is 1.69. The molecule has 8 heteroatoms. The molecule has 2 N–H and O–H groups in total. The average molecular weight is 489 g/mol. The van der Waals surface area contributed by atoms with E-state index in [4.69, 9.17) is 4.74 Å². The van der Waals surface area contributed by atoms with Gasteiger partial charge in [-0.1, -0.05) is 36.0 Å². The fraction of sp³-hybridized carbons (Fsp3) is 0.148. The quantitative estimate of drug-likeness (QED) is 0.266. The Kier molecular flexibility index (Phi) is 6.93. The molecule has 1 heterocycles. The van der Waals surface area contributed by atoms with Gasteiger partial charge >= 0.3 is 5.97 Å². The maximum Gasteiger partial charge on any atom is 0.338 e. The van der Waals surface area contributed by atoms with Crippen LogP contribution >= 0.6 is 11.8 Å². The third-order valence-electron chi connectivity index (χ3n) is 5.12. The topological polar surface area (TPSA) is 95.9 Å². The zero-order valence-corrected chi connectivity index (χ0v) is 20.3. The molecule has 4 rings (SSSR count). The minimum atomic E-state index is -0.563. The lowest BCUT2D eigenvalue weighted by Gasteiger charge is -2.16. The van der Waals surface area contributed by atoms with E-state index in [1.165, 1.54) is 30.3 Å². The molecule has 178 valence electrons. The minimum Gasteiger partial charge on any atom is -0.506 e. The zero-order valence-electron chi connectivity index (χ0n) is 19.4. The number of nitrogens with one attached hydrogen (secondary N) is 1. The molecule has 0 bridgehead atoms. The number of rotatable bonds is 7. The molecule has 2 amide bonds. The lowest BCUT2D eigenvalue weighted by molar-refractivity contribution is -0.120. The highest BCUT2D eigenvalue weighted by Crippen LogP contribution is 2.39. The number of aryl methyl sites for hydroxylation is 1. The highest BCUT2D eigenvalue weighted by atomic mass is 32.2. The van der Waals surface area contributed by atoms with Crippen molar-refractivity contribution >= 4 is 40.9 Å². The number of carbonyl (C=O) groups excluding carboxylic acids is 3. The summed E-state index contributed by atoms with van der Waals surface area (Å²) in [6.45, 7) is 5.37. The molecule has 0 saturated carbocycles. The third-order valence-corrected chi connectivity index (χ3v) is 6.21. The van der Waals surface area contributed by atoms with Gasteiger partial charge in [-0.15, -0.1) is 0 Å². The van der Waals surface area contributed by atoms with Gasteiger partial charge in [0, 0.05) is 4.90 Å². The maximum atomic E-state index is 13.5. The number of hydrogen-bond acceptors (Lipinski definition) is 7. The molecule has 0 aliphatic carbocycles. The predicted octanol–water partition coefficient (Wildman–Crippen LogP) is 5.26. The molecule has 0 atom stereocenters. The van der Waals surface area contributed by atoms with Crippen LogP contribution in [0.4, 0.5) is 11.4 Å². The maximum absolute atomic E-state index is 13.5. The predicted molar refractivity (Wildman–Crippen MR) is 135 cm³/mol. The van der Waals surface area contributed by atoms with Gasteiger partial charge in [0.2, 0.25) is 0 Å². The van der Waals surface area contributed by atoms with Crippen molar-refractivity contribution in [1.82, 2.24) is 0 Å². The molecule has 0 saturated heterocycles. The monoisotopic (exact) mass is 488 g/mol. The normalized spacial score (nSPS) is 13.5. The Hall–Kier alpha value is -4.04. The molecule has 3 aromatic carbocycles. The summed E-state index contributed by atoms with van der Waals surface area (Å²) in [7, 11) is 0. The van der Waals surface area contributed by atoms with Gasteiger partial charge in [-0.3, -0.25) is 9.59 Å². The second kappa shape index (κ2) is 10.1. The van der Waals surface area contributed by atoms with Crippen LogP contribution in [-0.4, -0.2) is 29.0 Å². The summed E-state index contributed by atoms with van der Waals surface area (Å²) in [6, 6.07) is 20.3. The summed E-state index contributed by atoms with van der Waals surface area (Å²) in [5.74, 6) is -1.59. The van der Waals surface area contributed by atoms with Crippen LogP contribution in [0.25, 0.3) is 0 Å². The summed E-state index contributed by atoms with van der Waals surface area (Å²) in [4.78, 5) is 41.2. The number of benzene rings is 3. The summed E-state index contributed by atoms with van der Waals surface area (Å²) < 4.78 is 5.20. The van der Waals surface area contributed by atoms with Crippen LogP contribution < -0.4 is 10.2 Å². The van der Waals surface area contributed by atoms with E-state index in [1.807, 2.05) is 37.3 Å². The number of phenols is 1. The number of imide groups is 1. The summed E-state index contributed by atoms with van der Waals surface area (Å²) in [5, 5.41) is 13.3. The first kappa shape index (κ1) is 24.1. The van der Waals surface area contributed by atoms with E-state index >= 15 is 0 Å². The van der Waals surface area contributed by atoms with Crippen LogP contribution in [0.3, 0.4) is 0 Å². The lowest BCUT2D eigenvalue weighted by Crippen LogP contribution is -2.32. The van der Waals surface area contributed by atoms with Crippen molar-refractivity contribution in [3.8, 4) is 5.75 Å². The van der Waals surface area contributed by atoms with E-state index in [0.717, 1.165) is 27.1 Å². The van der Waals surface area contributed by atoms with Crippen molar-refractivity contribution < 1.29 is 24.2 Å². The van der Waals surface area contributed by atoms with E-state index in [9.17, 15) is 19.5 Å². The molecule has 7 nitrogen and oxygen atoms in total. The van der Waals surface area contributed by atoms with Gasteiger partial charge in [-0.2, -0.15) is 0 Å². The van der Waals surface area contributed by atoms with Crippen molar-refractivity contribution in [2.75, 3.05) is 10.2 Å². The fourth-order valence-corrected chi connectivity index (χ4v) is 4.42. The van der Waals surface area contributed by atoms with E-state index in [0.29, 0.717) is 16.9 Å². The first-order valence-electron chi connectivity index (χ1n) is 11.0. The first-order valence-corrected chi connectivity index (χ1v) is 11.8. The van der Waals surface area contributed by atoms with Gasteiger partial charge in [0.25, 0.3) is 11.8 Å². The SMILES string of the molecule is Cc1ccc(O)c(NC2=C(Sc3ccccc3)C(=O)N(c3ccc(C(=O)OC(C)C)cc3)C2=O)c1. The Bertz CT molecular complexity index is 1320. The number of aromatic hydroxyl groups is 1. The molecular formula is C27H24N2O5S. The van der Waals surface area contributed by atoms with Crippen molar-refractivity contribution in [2.45, 2.75) is 31.8 Å². The molecule has 0 aromatic heterocycles. The number of hydrogen-bond donors (Lipinski definition) is 2. The largest absolute Gasteiger partial charge is 0.506 e. The number of phenolic OH excluding ortho intramolecular Hbond substituents is 1. The Labute approximate surface area is 207 Å². The highest BCUT2D eigenvalue weighted by Gasteiger charge is 2.40. The molecular weight excluding hydrogens is 464 g/mol. The number of anilines is 2. The number of nitrogens with zero attached hydrogens (tertiary/aromatic N) is 1. The smallest absolute Gasteiger partial charge is 0.338 e. The Morgan fingerprint density at radius 3 is 2.31 bits per heavy atom. The Morgan fingerprint density at radius 1 is 0.971 bits per heavy atom. The molecule has 1 aliphatic rings. The van der Waals surface area contributed by atoms with E-state index in [1.54, 1.807) is 26.0 Å². The number of amides is 2. The van der Waals surface area contributed by atoms with Crippen molar-refractivity contribution in [1.29, 1.82) is 0 Å². The van der Waals surface area contributed by atoms with Gasteiger partial charge in [0.15, 0.2) is 0 Å². The van der Waals surface area contributed by atoms with Crippen molar-refractivity contribution in [3.63, 3.8) is 0 Å². The lowest BCUT2D eigenvalue weighted by atomic mass is 10.2. The van der Waals surface area contributed by atoms with Gasteiger partial charge in [0.1, 0.15) is 16.4 Å². The number of thioether (sulfide) groups is 1. The molecule has 3 aromatic rings. The zero-order chi connectivity index (χ0) is 25.1. The molecule has 0 radical (unpaired) electrons. The van der Waals surface area contributed by atoms with Crippen LogP contribution in [0.15, 0.2) is 88.3 Å². The number of ether oxygens (including phenoxy) is 1. The summed E-state index contributed by atoms with van der Waals surface area (Å²) >= 11 is 1.16. The first-order chi connectivity index (χ1) is 16.7. The molecule has 0 unspecified atom stereocenters. The van der Waals surface area contributed by atoms with Gasteiger partial charge in [-0.05, 0) is 74.9 Å². The Morgan fingerprint density at radius 2 is 1.66 bits per heavy atom. The van der Waals surface area contributed by atoms with E-state index in [-0.39, 0.29) is 22.5 Å². The van der Waals surface area contributed by atoms with Gasteiger partial charge in [0.05, 0.1) is 23.0 Å². The van der Waals surface area contributed by atoms with Crippen LogP contribution in [0.5, 0.6) is 5.75 Å². The van der Waals surface area contributed by atoms with Crippen LogP contribution in [-0.2, 0) is 14.3 Å².